The van der Waals surface area contributed by atoms with E-state index in [1.807, 2.05) is 29.6 Å². The summed E-state index contributed by atoms with van der Waals surface area (Å²) in [5, 5.41) is 11.4. The lowest BCUT2D eigenvalue weighted by atomic mass is 10.1. The van der Waals surface area contributed by atoms with Crippen LogP contribution in [0.25, 0.3) is 10.1 Å². The smallest absolute Gasteiger partial charge is 0.319 e. The van der Waals surface area contributed by atoms with Gasteiger partial charge in [0.15, 0.2) is 0 Å². The summed E-state index contributed by atoms with van der Waals surface area (Å²) in [6.45, 7) is 3.59. The molecule has 5 heteroatoms. The van der Waals surface area contributed by atoms with Crippen LogP contribution in [0.4, 0.5) is 0 Å². The van der Waals surface area contributed by atoms with E-state index in [1.54, 1.807) is 25.2 Å². The first-order valence-corrected chi connectivity index (χ1v) is 8.32. The van der Waals surface area contributed by atoms with E-state index in [1.165, 1.54) is 0 Å². The summed E-state index contributed by atoms with van der Waals surface area (Å²) in [6, 6.07) is 7.92. The number of carbonyl (C=O) groups is 1. The van der Waals surface area contributed by atoms with E-state index >= 15 is 0 Å². The summed E-state index contributed by atoms with van der Waals surface area (Å²) in [5.41, 5.74) is 0.978. The molecule has 102 valence electrons. The number of benzene rings is 1. The third kappa shape index (κ3) is 3.04. The van der Waals surface area contributed by atoms with Crippen molar-refractivity contribution in [2.75, 3.05) is 0 Å². The fourth-order valence-electron chi connectivity index (χ4n) is 2.09. The maximum absolute atomic E-state index is 12.3. The minimum Gasteiger partial charge on any atom is -0.480 e. The Balaban J connectivity index is 2.25. The second-order valence-electron chi connectivity index (χ2n) is 4.79. The van der Waals surface area contributed by atoms with Gasteiger partial charge < -0.3 is 5.11 Å². The van der Waals surface area contributed by atoms with Crippen LogP contribution in [0, 0.1) is 5.92 Å². The molecule has 0 spiro atoms. The van der Waals surface area contributed by atoms with Crippen LogP contribution in [0.5, 0.6) is 0 Å². The molecule has 19 heavy (non-hydrogen) atoms. The molecule has 0 aliphatic heterocycles. The number of carboxylic acids is 1. The molecule has 3 nitrogen and oxygen atoms in total. The van der Waals surface area contributed by atoms with Gasteiger partial charge in [-0.1, -0.05) is 32.0 Å². The molecule has 0 amide bonds. The Kier molecular flexibility index (Phi) is 4.37. The van der Waals surface area contributed by atoms with E-state index in [-0.39, 0.29) is 5.92 Å². The summed E-state index contributed by atoms with van der Waals surface area (Å²) in [7, 11) is -1.40. The predicted octanol–water partition coefficient (Wildman–Crippen LogP) is 3.26. The Hall–Kier alpha value is -1.20. The average molecular weight is 296 g/mol. The third-order valence-electron chi connectivity index (χ3n) is 2.99. The Labute approximate surface area is 118 Å². The molecule has 2 rings (SSSR count). The van der Waals surface area contributed by atoms with E-state index in [4.69, 9.17) is 5.11 Å². The minimum absolute atomic E-state index is 0.136. The van der Waals surface area contributed by atoms with Crippen LogP contribution < -0.4 is 0 Å². The van der Waals surface area contributed by atoms with E-state index in [9.17, 15) is 9.00 Å². The Morgan fingerprint density at radius 1 is 1.37 bits per heavy atom. The number of hydrogen-bond donors (Lipinski definition) is 1. The van der Waals surface area contributed by atoms with E-state index in [2.05, 4.69) is 0 Å². The zero-order chi connectivity index (χ0) is 14.0. The standard InChI is InChI=1S/C14H16O3S2/c1-9(2)13(14(15)16)19(17)8-10-7-18-12-6-4-3-5-11(10)12/h3-7,9,13H,8H2,1-2H3,(H,15,16). The van der Waals surface area contributed by atoms with Crippen LogP contribution in [0.3, 0.4) is 0 Å². The molecule has 2 atom stereocenters. The SMILES string of the molecule is CC(C)C(C(=O)O)S(=O)Cc1csc2ccccc12. The summed E-state index contributed by atoms with van der Waals surface area (Å²) in [6.07, 6.45) is 0. The number of thiophene rings is 1. The fraction of sp³-hybridized carbons (Fsp3) is 0.357. The molecule has 0 aliphatic rings. The molecule has 1 aromatic carbocycles. The first-order chi connectivity index (χ1) is 9.00. The fourth-order valence-corrected chi connectivity index (χ4v) is 4.71. The highest BCUT2D eigenvalue weighted by Crippen LogP contribution is 2.27. The number of hydrogen-bond acceptors (Lipinski definition) is 3. The molecule has 0 radical (unpaired) electrons. The zero-order valence-electron chi connectivity index (χ0n) is 10.8. The van der Waals surface area contributed by atoms with Gasteiger partial charge in [0, 0.05) is 15.5 Å². The van der Waals surface area contributed by atoms with Crippen LogP contribution in [-0.2, 0) is 21.3 Å². The second-order valence-corrected chi connectivity index (χ2v) is 7.25. The molecule has 0 saturated carbocycles. The highest BCUT2D eigenvalue weighted by molar-refractivity contribution is 7.85. The lowest BCUT2D eigenvalue weighted by Crippen LogP contribution is -2.31. The van der Waals surface area contributed by atoms with Crippen molar-refractivity contribution in [2.24, 2.45) is 5.92 Å². The van der Waals surface area contributed by atoms with Crippen LogP contribution >= 0.6 is 11.3 Å². The van der Waals surface area contributed by atoms with Gasteiger partial charge in [-0.05, 0) is 28.3 Å². The molecule has 1 N–H and O–H groups in total. The van der Waals surface area contributed by atoms with Gasteiger partial charge in [-0.25, -0.2) is 0 Å². The van der Waals surface area contributed by atoms with Gasteiger partial charge in [-0.15, -0.1) is 11.3 Å². The maximum atomic E-state index is 12.3. The molecule has 0 fully saturated rings. The topological polar surface area (TPSA) is 54.4 Å². The van der Waals surface area contributed by atoms with E-state index in [0.29, 0.717) is 5.75 Å². The van der Waals surface area contributed by atoms with Gasteiger partial charge in [0.2, 0.25) is 0 Å². The van der Waals surface area contributed by atoms with Gasteiger partial charge in [0.25, 0.3) is 0 Å². The van der Waals surface area contributed by atoms with Crippen molar-refractivity contribution in [2.45, 2.75) is 24.9 Å². The van der Waals surface area contributed by atoms with Gasteiger partial charge >= 0.3 is 5.97 Å². The first-order valence-electron chi connectivity index (χ1n) is 6.05. The number of fused-ring (bicyclic) bond motifs is 1. The molecule has 2 unspecified atom stereocenters. The highest BCUT2D eigenvalue weighted by atomic mass is 32.2. The molecular formula is C14H16O3S2. The summed E-state index contributed by atoms with van der Waals surface area (Å²) in [5.74, 6) is -0.810. The van der Waals surface area contributed by atoms with E-state index < -0.39 is 22.0 Å². The maximum Gasteiger partial charge on any atom is 0.319 e. The second kappa shape index (κ2) is 5.84. The summed E-state index contributed by atoms with van der Waals surface area (Å²) < 4.78 is 13.4. The van der Waals surface area contributed by atoms with Crippen molar-refractivity contribution in [1.82, 2.24) is 0 Å². The van der Waals surface area contributed by atoms with Crippen molar-refractivity contribution < 1.29 is 14.1 Å². The van der Waals surface area contributed by atoms with Crippen LogP contribution in [0.2, 0.25) is 0 Å². The Morgan fingerprint density at radius 3 is 2.68 bits per heavy atom. The average Bonchev–Trinajstić information content (AvgIpc) is 2.72. The van der Waals surface area contributed by atoms with Gasteiger partial charge in [-0.3, -0.25) is 9.00 Å². The monoisotopic (exact) mass is 296 g/mol. The van der Waals surface area contributed by atoms with Gasteiger partial charge in [0.05, 0.1) is 5.75 Å². The van der Waals surface area contributed by atoms with Crippen LogP contribution in [0.1, 0.15) is 19.4 Å². The highest BCUT2D eigenvalue weighted by Gasteiger charge is 2.28. The number of aliphatic carboxylic acids is 1. The molecule has 1 aromatic heterocycles. The van der Waals surface area contributed by atoms with Crippen LogP contribution in [0.15, 0.2) is 29.6 Å². The predicted molar refractivity (Wildman–Crippen MR) is 79.9 cm³/mol. The lowest BCUT2D eigenvalue weighted by molar-refractivity contribution is -0.137. The largest absolute Gasteiger partial charge is 0.480 e. The van der Waals surface area contributed by atoms with E-state index in [0.717, 1.165) is 15.6 Å². The minimum atomic E-state index is -1.40. The van der Waals surface area contributed by atoms with Crippen molar-refractivity contribution in [1.29, 1.82) is 0 Å². The molecular weight excluding hydrogens is 280 g/mol. The van der Waals surface area contributed by atoms with Crippen molar-refractivity contribution in [3.63, 3.8) is 0 Å². The Bertz CT molecular complexity index is 616. The number of rotatable bonds is 5. The third-order valence-corrected chi connectivity index (χ3v) is 5.91. The van der Waals surface area contributed by atoms with Crippen molar-refractivity contribution in [3.05, 3.63) is 35.2 Å². The summed E-state index contributed by atoms with van der Waals surface area (Å²) >= 11 is 1.60. The van der Waals surface area contributed by atoms with Gasteiger partial charge in [-0.2, -0.15) is 0 Å². The zero-order valence-corrected chi connectivity index (χ0v) is 12.5. The van der Waals surface area contributed by atoms with Gasteiger partial charge in [0.1, 0.15) is 5.25 Å². The molecule has 0 saturated heterocycles. The molecule has 0 aliphatic carbocycles. The summed E-state index contributed by atoms with van der Waals surface area (Å²) in [4.78, 5) is 11.2. The molecule has 1 heterocycles. The van der Waals surface area contributed by atoms with Crippen LogP contribution in [-0.4, -0.2) is 20.5 Å². The normalized spacial score (nSPS) is 14.7. The Morgan fingerprint density at radius 2 is 2.05 bits per heavy atom. The lowest BCUT2D eigenvalue weighted by Gasteiger charge is -2.15. The molecule has 0 bridgehead atoms. The van der Waals surface area contributed by atoms with Crippen molar-refractivity contribution >= 4 is 38.2 Å². The number of carboxylic acid groups (broad SMARTS) is 1. The quantitative estimate of drug-likeness (QED) is 0.921. The van der Waals surface area contributed by atoms with Crippen molar-refractivity contribution in [3.8, 4) is 0 Å². The molecule has 2 aromatic rings. The first kappa shape index (κ1) is 14.2.